The molecule has 5 heteroatoms. The predicted molar refractivity (Wildman–Crippen MR) is 88.6 cm³/mol. The van der Waals surface area contributed by atoms with Gasteiger partial charge in [-0.15, -0.1) is 11.3 Å². The second-order valence-electron chi connectivity index (χ2n) is 6.58. The zero-order valence-electron chi connectivity index (χ0n) is 13.4. The van der Waals surface area contributed by atoms with Crippen molar-refractivity contribution in [2.75, 3.05) is 13.1 Å². The predicted octanol–water partition coefficient (Wildman–Crippen LogP) is 3.45. The molecule has 1 unspecified atom stereocenters. The van der Waals surface area contributed by atoms with Crippen LogP contribution in [0.1, 0.15) is 66.9 Å². The summed E-state index contributed by atoms with van der Waals surface area (Å²) in [6.07, 6.45) is 8.75. The molecule has 2 heterocycles. The summed E-state index contributed by atoms with van der Waals surface area (Å²) >= 11 is 1.92. The van der Waals surface area contributed by atoms with Crippen molar-refractivity contribution < 1.29 is 9.90 Å². The highest BCUT2D eigenvalue weighted by atomic mass is 32.1. The first-order chi connectivity index (χ1) is 10.7. The van der Waals surface area contributed by atoms with Crippen molar-refractivity contribution in [3.63, 3.8) is 0 Å². The number of likely N-dealkylation sites (tertiary alicyclic amines) is 1. The van der Waals surface area contributed by atoms with Gasteiger partial charge in [0.25, 0.3) is 0 Å². The fourth-order valence-electron chi connectivity index (χ4n) is 3.74. The molecular weight excluding hydrogens is 296 g/mol. The largest absolute Gasteiger partial charge is 0.480 e. The van der Waals surface area contributed by atoms with E-state index in [4.69, 9.17) is 4.98 Å². The molecule has 1 fully saturated rings. The van der Waals surface area contributed by atoms with Gasteiger partial charge in [0.05, 0.1) is 10.7 Å². The molecule has 0 aromatic carbocycles. The van der Waals surface area contributed by atoms with Gasteiger partial charge < -0.3 is 5.11 Å². The number of nitrogens with zero attached hydrogens (tertiary/aromatic N) is 2. The van der Waals surface area contributed by atoms with E-state index in [1.54, 1.807) is 0 Å². The van der Waals surface area contributed by atoms with Crippen LogP contribution in [-0.4, -0.2) is 40.1 Å². The molecule has 1 atom stereocenters. The average Bonchev–Trinajstić information content (AvgIpc) is 2.96. The van der Waals surface area contributed by atoms with E-state index in [0.717, 1.165) is 45.2 Å². The minimum atomic E-state index is -0.662. The number of thiazole rings is 1. The fourth-order valence-corrected chi connectivity index (χ4v) is 5.06. The molecule has 1 aromatic heterocycles. The smallest absolute Gasteiger partial charge is 0.320 e. The van der Waals surface area contributed by atoms with Gasteiger partial charge in [-0.25, -0.2) is 4.98 Å². The topological polar surface area (TPSA) is 53.4 Å². The molecule has 1 aromatic rings. The van der Waals surface area contributed by atoms with Crippen LogP contribution in [-0.2, 0) is 17.6 Å². The first kappa shape index (κ1) is 15.9. The molecule has 0 radical (unpaired) electrons. The first-order valence-corrected chi connectivity index (χ1v) is 9.46. The summed E-state index contributed by atoms with van der Waals surface area (Å²) in [5.74, 6) is -0.118. The molecule has 3 rings (SSSR count). The first-order valence-electron chi connectivity index (χ1n) is 8.64. The highest BCUT2D eigenvalue weighted by Crippen LogP contribution is 2.35. The Balaban J connectivity index is 1.61. The SMILES string of the molecule is CCCC(C(=O)O)N1CCC(c2nc3c(s2)CCCC3)CC1. The molecule has 0 saturated carbocycles. The van der Waals surface area contributed by atoms with Crippen LogP contribution in [0.15, 0.2) is 0 Å². The molecule has 2 aliphatic rings. The molecule has 4 nitrogen and oxygen atoms in total. The third kappa shape index (κ3) is 3.35. The number of fused-ring (bicyclic) bond motifs is 1. The van der Waals surface area contributed by atoms with E-state index in [0.29, 0.717) is 5.92 Å². The van der Waals surface area contributed by atoms with Crippen molar-refractivity contribution in [3.05, 3.63) is 15.6 Å². The quantitative estimate of drug-likeness (QED) is 0.902. The van der Waals surface area contributed by atoms with Gasteiger partial charge in [-0.05, 0) is 58.0 Å². The highest BCUT2D eigenvalue weighted by Gasteiger charge is 2.31. The van der Waals surface area contributed by atoms with Gasteiger partial charge in [0, 0.05) is 10.8 Å². The van der Waals surface area contributed by atoms with Gasteiger partial charge in [-0.1, -0.05) is 13.3 Å². The van der Waals surface area contributed by atoms with Crippen LogP contribution in [0.3, 0.4) is 0 Å². The van der Waals surface area contributed by atoms with E-state index >= 15 is 0 Å². The number of rotatable bonds is 5. The second-order valence-corrected chi connectivity index (χ2v) is 7.70. The van der Waals surface area contributed by atoms with Crippen LogP contribution in [0, 0.1) is 0 Å². The van der Waals surface area contributed by atoms with Gasteiger partial charge in [-0.2, -0.15) is 0 Å². The number of aromatic nitrogens is 1. The van der Waals surface area contributed by atoms with Crippen LogP contribution >= 0.6 is 11.3 Å². The van der Waals surface area contributed by atoms with E-state index in [1.807, 2.05) is 11.3 Å². The molecule has 1 aliphatic heterocycles. The molecule has 0 amide bonds. The molecule has 1 aliphatic carbocycles. The van der Waals surface area contributed by atoms with E-state index in [9.17, 15) is 9.90 Å². The van der Waals surface area contributed by atoms with Gasteiger partial charge >= 0.3 is 5.97 Å². The minimum absolute atomic E-state index is 0.296. The Kier molecular flexibility index (Phi) is 5.14. The van der Waals surface area contributed by atoms with E-state index in [-0.39, 0.29) is 6.04 Å². The number of hydrogen-bond acceptors (Lipinski definition) is 4. The van der Waals surface area contributed by atoms with E-state index in [2.05, 4.69) is 11.8 Å². The summed E-state index contributed by atoms with van der Waals surface area (Å²) in [6, 6.07) is -0.296. The molecular formula is C17H26N2O2S. The highest BCUT2D eigenvalue weighted by molar-refractivity contribution is 7.11. The maximum Gasteiger partial charge on any atom is 0.320 e. The average molecular weight is 322 g/mol. The maximum atomic E-state index is 11.4. The van der Waals surface area contributed by atoms with Crippen LogP contribution < -0.4 is 0 Å². The van der Waals surface area contributed by atoms with Crippen molar-refractivity contribution >= 4 is 17.3 Å². The summed E-state index contributed by atoms with van der Waals surface area (Å²) < 4.78 is 0. The molecule has 1 saturated heterocycles. The normalized spacial score (nSPS) is 21.5. The number of piperidine rings is 1. The van der Waals surface area contributed by atoms with Gasteiger partial charge in [0.2, 0.25) is 0 Å². The lowest BCUT2D eigenvalue weighted by atomic mass is 9.95. The zero-order chi connectivity index (χ0) is 15.5. The molecule has 22 heavy (non-hydrogen) atoms. The van der Waals surface area contributed by atoms with Crippen molar-refractivity contribution in [2.45, 2.75) is 70.3 Å². The Morgan fingerprint density at radius 3 is 2.73 bits per heavy atom. The monoisotopic (exact) mass is 322 g/mol. The second kappa shape index (κ2) is 7.09. The Morgan fingerprint density at radius 1 is 1.36 bits per heavy atom. The van der Waals surface area contributed by atoms with Crippen molar-refractivity contribution in [2.24, 2.45) is 0 Å². The number of carboxylic acids is 1. The van der Waals surface area contributed by atoms with Crippen LogP contribution in [0.5, 0.6) is 0 Å². The fraction of sp³-hybridized carbons (Fsp3) is 0.765. The maximum absolute atomic E-state index is 11.4. The minimum Gasteiger partial charge on any atom is -0.480 e. The summed E-state index contributed by atoms with van der Waals surface area (Å²) in [5, 5.41) is 10.7. The van der Waals surface area contributed by atoms with Crippen molar-refractivity contribution in [1.82, 2.24) is 9.88 Å². The van der Waals surface area contributed by atoms with Gasteiger partial charge in [0.15, 0.2) is 0 Å². The lowest BCUT2D eigenvalue weighted by Crippen LogP contribution is -2.45. The lowest BCUT2D eigenvalue weighted by Gasteiger charge is -2.35. The third-order valence-electron chi connectivity index (χ3n) is 5.03. The van der Waals surface area contributed by atoms with Gasteiger partial charge in [-0.3, -0.25) is 9.69 Å². The Labute approximate surface area is 136 Å². The Hall–Kier alpha value is -0.940. The summed E-state index contributed by atoms with van der Waals surface area (Å²) in [6.45, 7) is 3.85. The number of aryl methyl sites for hydroxylation is 2. The molecule has 1 N–H and O–H groups in total. The summed E-state index contributed by atoms with van der Waals surface area (Å²) in [7, 11) is 0. The van der Waals surface area contributed by atoms with Crippen molar-refractivity contribution in [1.29, 1.82) is 0 Å². The van der Waals surface area contributed by atoms with E-state index < -0.39 is 5.97 Å². The third-order valence-corrected chi connectivity index (χ3v) is 6.35. The van der Waals surface area contributed by atoms with Crippen LogP contribution in [0.25, 0.3) is 0 Å². The molecule has 0 bridgehead atoms. The van der Waals surface area contributed by atoms with Gasteiger partial charge in [0.1, 0.15) is 6.04 Å². The number of hydrogen-bond donors (Lipinski definition) is 1. The lowest BCUT2D eigenvalue weighted by molar-refractivity contribution is -0.144. The number of carboxylic acid groups (broad SMARTS) is 1. The Morgan fingerprint density at radius 2 is 2.09 bits per heavy atom. The number of aliphatic carboxylic acids is 1. The number of carbonyl (C=O) groups is 1. The molecule has 122 valence electrons. The molecule has 0 spiro atoms. The van der Waals surface area contributed by atoms with E-state index in [1.165, 1.54) is 34.8 Å². The standard InChI is InChI=1S/C17H26N2O2S/c1-2-5-14(17(20)21)19-10-8-12(9-11-19)16-18-13-6-3-4-7-15(13)22-16/h12,14H,2-11H2,1H3,(H,20,21). The van der Waals surface area contributed by atoms with Crippen LogP contribution in [0.2, 0.25) is 0 Å². The Bertz CT molecular complexity index is 497. The summed E-state index contributed by atoms with van der Waals surface area (Å²) in [4.78, 5) is 20.0. The summed E-state index contributed by atoms with van der Waals surface area (Å²) in [5.41, 5.74) is 1.35. The van der Waals surface area contributed by atoms with Crippen molar-refractivity contribution in [3.8, 4) is 0 Å². The zero-order valence-corrected chi connectivity index (χ0v) is 14.2. The van der Waals surface area contributed by atoms with Crippen LogP contribution in [0.4, 0.5) is 0 Å².